The van der Waals surface area contributed by atoms with Crippen LogP contribution in [0.2, 0.25) is 0 Å². The van der Waals surface area contributed by atoms with Gasteiger partial charge in [0, 0.05) is 0 Å². The maximum Gasteiger partial charge on any atom is 0.416 e. The minimum absolute atomic E-state index is 1.23. The maximum atomic E-state index is 9.85. The highest BCUT2D eigenvalue weighted by atomic mass is 32.2. The summed E-state index contributed by atoms with van der Waals surface area (Å²) in [7, 11) is 0. The summed E-state index contributed by atoms with van der Waals surface area (Å²) in [5, 5.41) is 0. The second-order valence-electron chi connectivity index (χ2n) is 0.669. The van der Waals surface area contributed by atoms with Gasteiger partial charge in [0.25, 0.3) is 0 Å². The van der Waals surface area contributed by atoms with Crippen LogP contribution in [0.4, 0.5) is 0 Å². The van der Waals surface area contributed by atoms with Gasteiger partial charge in [0.2, 0.25) is 0 Å². The average Bonchev–Trinajstić information content (AvgIpc) is 1.86. The van der Waals surface area contributed by atoms with Crippen LogP contribution in [-0.2, 0) is 19.7 Å². The van der Waals surface area contributed by atoms with E-state index in [9.17, 15) is 4.21 Å². The minimum Gasteiger partial charge on any atom is -0.376 e. The number of hydrogen-bond donors (Lipinski definition) is 0. The van der Waals surface area contributed by atoms with E-state index in [-0.39, 0.29) is 0 Å². The molecule has 0 N–H and O–H groups in total. The third kappa shape index (κ3) is 0.514. The van der Waals surface area contributed by atoms with Gasteiger partial charge in [-0.2, -0.15) is 4.21 Å². The zero-order valence-corrected chi connectivity index (χ0v) is 3.60. The topological polar surface area (TPSA) is 35.5 Å². The molecule has 1 heterocycles. The first-order valence-corrected chi connectivity index (χ1v) is 2.30. The van der Waals surface area contributed by atoms with E-state index in [1.54, 1.807) is 0 Å². The van der Waals surface area contributed by atoms with Gasteiger partial charge in [-0.3, -0.25) is 0 Å². The van der Waals surface area contributed by atoms with Crippen LogP contribution in [0.15, 0.2) is 12.5 Å². The van der Waals surface area contributed by atoms with Crippen molar-refractivity contribution in [2.75, 3.05) is 0 Å². The van der Waals surface area contributed by atoms with Crippen LogP contribution in [0.5, 0.6) is 0 Å². The van der Waals surface area contributed by atoms with Gasteiger partial charge >= 0.3 is 11.4 Å². The summed E-state index contributed by atoms with van der Waals surface area (Å²) in [6.45, 7) is 0. The molecule has 1 aliphatic rings. The van der Waals surface area contributed by atoms with Crippen molar-refractivity contribution in [3.63, 3.8) is 0 Å². The van der Waals surface area contributed by atoms with E-state index in [4.69, 9.17) is 0 Å². The SMILES string of the molecule is O=S1OC=CO1. The summed E-state index contributed by atoms with van der Waals surface area (Å²) >= 11 is -1.53. The van der Waals surface area contributed by atoms with E-state index in [0.29, 0.717) is 0 Å². The first-order valence-electron chi connectivity index (χ1n) is 1.30. The third-order valence-electron chi connectivity index (χ3n) is 0.324. The fourth-order valence-electron chi connectivity index (χ4n) is 0.159. The average molecular weight is 106 g/mol. The van der Waals surface area contributed by atoms with E-state index in [2.05, 4.69) is 8.37 Å². The van der Waals surface area contributed by atoms with Gasteiger partial charge < -0.3 is 8.37 Å². The molecule has 0 spiro atoms. The normalized spacial score (nSPS) is 20.0. The molecule has 6 heavy (non-hydrogen) atoms. The van der Waals surface area contributed by atoms with Crippen molar-refractivity contribution in [3.05, 3.63) is 12.5 Å². The summed E-state index contributed by atoms with van der Waals surface area (Å²) in [6.07, 6.45) is 2.46. The third-order valence-corrected chi connectivity index (χ3v) is 0.860. The minimum atomic E-state index is -1.53. The molecule has 0 aliphatic carbocycles. The summed E-state index contributed by atoms with van der Waals surface area (Å²) < 4.78 is 18.3. The molecule has 3 nitrogen and oxygen atoms in total. The second kappa shape index (κ2) is 1.30. The summed E-state index contributed by atoms with van der Waals surface area (Å²) in [4.78, 5) is 0. The van der Waals surface area contributed by atoms with Crippen molar-refractivity contribution in [3.8, 4) is 0 Å². The molecule has 1 rings (SSSR count). The van der Waals surface area contributed by atoms with Crippen molar-refractivity contribution in [2.24, 2.45) is 0 Å². The van der Waals surface area contributed by atoms with Gasteiger partial charge in [-0.1, -0.05) is 0 Å². The Morgan fingerprint density at radius 1 is 1.33 bits per heavy atom. The van der Waals surface area contributed by atoms with Crippen LogP contribution < -0.4 is 0 Å². The fourth-order valence-corrected chi connectivity index (χ4v) is 0.476. The molecule has 0 aromatic rings. The lowest BCUT2D eigenvalue weighted by molar-refractivity contribution is 0.450. The Morgan fingerprint density at radius 2 is 1.83 bits per heavy atom. The zero-order valence-electron chi connectivity index (χ0n) is 2.79. The molecule has 4 heteroatoms. The number of rotatable bonds is 0. The Morgan fingerprint density at radius 3 is 2.00 bits per heavy atom. The molecule has 0 saturated carbocycles. The Hall–Kier alpha value is -0.510. The lowest BCUT2D eigenvalue weighted by Gasteiger charge is -1.80. The zero-order chi connectivity index (χ0) is 4.41. The largest absolute Gasteiger partial charge is 0.416 e. The van der Waals surface area contributed by atoms with E-state index in [1.807, 2.05) is 0 Å². The Bertz CT molecular complexity index is 87.0. The van der Waals surface area contributed by atoms with Crippen LogP contribution in [0.1, 0.15) is 0 Å². The highest BCUT2D eigenvalue weighted by Gasteiger charge is 1.99. The summed E-state index contributed by atoms with van der Waals surface area (Å²) in [6, 6.07) is 0. The lowest BCUT2D eigenvalue weighted by Crippen LogP contribution is -1.81. The predicted molar refractivity (Wildman–Crippen MR) is 19.5 cm³/mol. The Kier molecular flexibility index (Phi) is 0.795. The molecular formula is C2H2O3S. The van der Waals surface area contributed by atoms with Crippen LogP contribution in [0.3, 0.4) is 0 Å². The number of hydrogen-bond acceptors (Lipinski definition) is 3. The van der Waals surface area contributed by atoms with Gasteiger partial charge in [-0.15, -0.1) is 0 Å². The highest BCUT2D eigenvalue weighted by Crippen LogP contribution is 1.97. The summed E-state index contributed by atoms with van der Waals surface area (Å²) in [5.41, 5.74) is 0. The quantitative estimate of drug-likeness (QED) is 0.438. The predicted octanol–water partition coefficient (Wildman–Crippen LogP) is 0.0831. The van der Waals surface area contributed by atoms with E-state index >= 15 is 0 Å². The molecule has 1 aliphatic heterocycles. The molecule has 0 aromatic carbocycles. The van der Waals surface area contributed by atoms with E-state index in [1.165, 1.54) is 12.5 Å². The van der Waals surface area contributed by atoms with Crippen LogP contribution >= 0.6 is 0 Å². The Labute approximate surface area is 37.4 Å². The lowest BCUT2D eigenvalue weighted by atomic mass is 11.1. The van der Waals surface area contributed by atoms with Crippen LogP contribution in [-0.4, -0.2) is 4.21 Å². The summed E-state index contributed by atoms with van der Waals surface area (Å²) in [5.74, 6) is 0. The van der Waals surface area contributed by atoms with Gasteiger partial charge in [-0.05, 0) is 0 Å². The highest BCUT2D eigenvalue weighted by molar-refractivity contribution is 7.75. The van der Waals surface area contributed by atoms with Crippen molar-refractivity contribution in [1.29, 1.82) is 0 Å². The van der Waals surface area contributed by atoms with Crippen LogP contribution in [0.25, 0.3) is 0 Å². The van der Waals surface area contributed by atoms with Crippen LogP contribution in [0, 0.1) is 0 Å². The standard InChI is InChI=1S/C2H2O3S/c3-6-4-1-2-5-6/h1-2H. The molecular weight excluding hydrogens is 104 g/mol. The molecule has 0 fully saturated rings. The molecule has 0 atom stereocenters. The van der Waals surface area contributed by atoms with Crippen molar-refractivity contribution >= 4 is 11.4 Å². The fraction of sp³-hybridized carbons (Fsp3) is 0. The van der Waals surface area contributed by atoms with E-state index < -0.39 is 11.4 Å². The van der Waals surface area contributed by atoms with E-state index in [0.717, 1.165) is 0 Å². The Balaban J connectivity index is 2.52. The molecule has 0 bridgehead atoms. The van der Waals surface area contributed by atoms with Gasteiger partial charge in [0.05, 0.1) is 0 Å². The van der Waals surface area contributed by atoms with Crippen molar-refractivity contribution in [2.45, 2.75) is 0 Å². The molecule has 0 radical (unpaired) electrons. The first-order chi connectivity index (χ1) is 2.89. The van der Waals surface area contributed by atoms with Crippen molar-refractivity contribution < 1.29 is 12.6 Å². The molecule has 0 aromatic heterocycles. The molecule has 0 amide bonds. The maximum absolute atomic E-state index is 9.85. The van der Waals surface area contributed by atoms with Gasteiger partial charge in [0.15, 0.2) is 0 Å². The van der Waals surface area contributed by atoms with Crippen molar-refractivity contribution in [1.82, 2.24) is 0 Å². The smallest absolute Gasteiger partial charge is 0.376 e. The van der Waals surface area contributed by atoms with Gasteiger partial charge in [0.1, 0.15) is 12.5 Å². The molecule has 34 valence electrons. The van der Waals surface area contributed by atoms with Gasteiger partial charge in [-0.25, -0.2) is 0 Å². The molecule has 0 saturated heterocycles. The second-order valence-corrected chi connectivity index (χ2v) is 1.46. The monoisotopic (exact) mass is 106 g/mol. The first kappa shape index (κ1) is 3.67. The molecule has 0 unspecified atom stereocenters.